The van der Waals surface area contributed by atoms with E-state index >= 15 is 0 Å². The number of hydrogen-bond acceptors (Lipinski definition) is 4. The van der Waals surface area contributed by atoms with Crippen molar-refractivity contribution in [3.8, 4) is 0 Å². The molecule has 0 saturated heterocycles. The first-order valence-electron chi connectivity index (χ1n) is 6.30. The summed E-state index contributed by atoms with van der Waals surface area (Å²) in [6.07, 6.45) is 4.15. The van der Waals surface area contributed by atoms with Crippen molar-refractivity contribution in [2.45, 2.75) is 32.6 Å². The van der Waals surface area contributed by atoms with Crippen molar-refractivity contribution < 1.29 is 0 Å². The maximum atomic E-state index is 5.22. The van der Waals surface area contributed by atoms with E-state index in [9.17, 15) is 0 Å². The lowest BCUT2D eigenvalue weighted by molar-refractivity contribution is 0.731. The van der Waals surface area contributed by atoms with Crippen molar-refractivity contribution >= 4 is 18.4 Å². The van der Waals surface area contributed by atoms with Gasteiger partial charge in [0, 0.05) is 24.2 Å². The molecule has 1 saturated carbocycles. The second-order valence-electron chi connectivity index (χ2n) is 4.93. The molecule has 0 unspecified atom stereocenters. The molecule has 1 fully saturated rings. The molecule has 2 heterocycles. The molecule has 0 atom stereocenters. The van der Waals surface area contributed by atoms with Gasteiger partial charge in [-0.25, -0.2) is 0 Å². The lowest BCUT2D eigenvalue weighted by Gasteiger charge is -1.98. The molecule has 0 aliphatic heterocycles. The monoisotopic (exact) mass is 276 g/mol. The van der Waals surface area contributed by atoms with E-state index in [2.05, 4.69) is 20.4 Å². The van der Waals surface area contributed by atoms with Gasteiger partial charge in [0.05, 0.1) is 11.9 Å². The fourth-order valence-corrected chi connectivity index (χ4v) is 2.30. The van der Waals surface area contributed by atoms with Gasteiger partial charge in [0.1, 0.15) is 0 Å². The zero-order valence-electron chi connectivity index (χ0n) is 11.2. The first-order chi connectivity index (χ1) is 9.08. The van der Waals surface area contributed by atoms with Crippen LogP contribution in [0.3, 0.4) is 0 Å². The Bertz CT molecular complexity index is 700. The van der Waals surface area contributed by atoms with E-state index in [4.69, 9.17) is 12.2 Å². The van der Waals surface area contributed by atoms with Gasteiger partial charge in [-0.3, -0.25) is 9.78 Å². The quantitative estimate of drug-likeness (QED) is 0.689. The van der Waals surface area contributed by atoms with Crippen LogP contribution in [0.4, 0.5) is 0 Å². The van der Waals surface area contributed by atoms with Crippen LogP contribution in [0.25, 0.3) is 0 Å². The third-order valence-electron chi connectivity index (χ3n) is 3.49. The van der Waals surface area contributed by atoms with E-state index in [-0.39, 0.29) is 0 Å². The highest BCUT2D eigenvalue weighted by molar-refractivity contribution is 7.71. The Hall–Kier alpha value is -1.76. The van der Waals surface area contributed by atoms with Crippen LogP contribution in [0.1, 0.15) is 41.5 Å². The summed E-state index contributed by atoms with van der Waals surface area (Å²) in [7, 11) is 1.93. The van der Waals surface area contributed by atoms with Crippen molar-refractivity contribution in [3.05, 3.63) is 27.5 Å². The minimum atomic E-state index is 0.501. The first-order valence-corrected chi connectivity index (χ1v) is 6.70. The summed E-state index contributed by atoms with van der Waals surface area (Å²) in [5.74, 6) is 1.43. The molecule has 0 radical (unpaired) electrons. The second kappa shape index (κ2) is 4.41. The fraction of sp³-hybridized carbons (Fsp3) is 0.500. The Morgan fingerprint density at radius 2 is 2.16 bits per heavy atom. The molecule has 3 rings (SSSR count). The second-order valence-corrected chi connectivity index (χ2v) is 5.31. The van der Waals surface area contributed by atoms with Crippen molar-refractivity contribution in [3.63, 3.8) is 0 Å². The van der Waals surface area contributed by atoms with Crippen LogP contribution < -0.4 is 0 Å². The van der Waals surface area contributed by atoms with Gasteiger partial charge >= 0.3 is 0 Å². The van der Waals surface area contributed by atoms with E-state index in [0.29, 0.717) is 10.7 Å². The Balaban J connectivity index is 1.99. The maximum absolute atomic E-state index is 5.22. The summed E-state index contributed by atoms with van der Waals surface area (Å²) < 4.78 is 4.11. The smallest absolute Gasteiger partial charge is 0.216 e. The van der Waals surface area contributed by atoms with Crippen LogP contribution in [-0.4, -0.2) is 30.9 Å². The molecule has 1 aliphatic carbocycles. The number of hydrogen-bond donors (Lipinski definition) is 1. The van der Waals surface area contributed by atoms with Crippen LogP contribution >= 0.6 is 12.2 Å². The summed E-state index contributed by atoms with van der Waals surface area (Å²) >= 11 is 5.22. The Morgan fingerprint density at radius 3 is 2.74 bits per heavy atom. The van der Waals surface area contributed by atoms with Crippen molar-refractivity contribution in [2.24, 2.45) is 12.1 Å². The number of aromatic amines is 1. The topological polar surface area (TPSA) is 63.8 Å². The minimum absolute atomic E-state index is 0.501. The number of aryl methyl sites for hydroxylation is 2. The summed E-state index contributed by atoms with van der Waals surface area (Å²) in [5.41, 5.74) is 3.09. The molecular formula is C12H16N6S. The van der Waals surface area contributed by atoms with Crippen LogP contribution in [0.5, 0.6) is 0 Å². The summed E-state index contributed by atoms with van der Waals surface area (Å²) in [4.78, 5) is 0. The largest absolute Gasteiger partial charge is 0.272 e. The van der Waals surface area contributed by atoms with Crippen molar-refractivity contribution in [2.75, 3.05) is 0 Å². The standard InChI is InChI=1S/C12H16N6S/c1-7-10(8(2)17(3)16-7)6-13-18-11(9-4-5-9)14-15-12(18)19/h6,9H,4-5H2,1-3H3,(H,15,19)/b13-6-. The van der Waals surface area contributed by atoms with Gasteiger partial charge in [-0.15, -0.1) is 0 Å². The summed E-state index contributed by atoms with van der Waals surface area (Å²) in [5, 5.41) is 15.9. The van der Waals surface area contributed by atoms with Gasteiger partial charge in [-0.1, -0.05) is 0 Å². The predicted molar refractivity (Wildman–Crippen MR) is 75.1 cm³/mol. The number of aromatic nitrogens is 5. The lowest BCUT2D eigenvalue weighted by Crippen LogP contribution is -1.98. The molecule has 0 bridgehead atoms. The van der Waals surface area contributed by atoms with Crippen molar-refractivity contribution in [1.29, 1.82) is 0 Å². The maximum Gasteiger partial charge on any atom is 0.216 e. The highest BCUT2D eigenvalue weighted by atomic mass is 32.1. The number of H-pyrrole nitrogens is 1. The zero-order chi connectivity index (χ0) is 13.6. The van der Waals surface area contributed by atoms with E-state index in [1.807, 2.05) is 31.8 Å². The summed E-state index contributed by atoms with van der Waals surface area (Å²) in [6, 6.07) is 0. The van der Waals surface area contributed by atoms with Crippen LogP contribution in [0.2, 0.25) is 0 Å². The van der Waals surface area contributed by atoms with Crippen LogP contribution in [-0.2, 0) is 7.05 Å². The van der Waals surface area contributed by atoms with Gasteiger partial charge in [0.25, 0.3) is 0 Å². The molecule has 0 aromatic carbocycles. The summed E-state index contributed by atoms with van der Waals surface area (Å²) in [6.45, 7) is 4.00. The lowest BCUT2D eigenvalue weighted by atomic mass is 10.2. The Kier molecular flexibility index (Phi) is 2.85. The molecule has 2 aromatic rings. The van der Waals surface area contributed by atoms with Crippen LogP contribution in [0.15, 0.2) is 5.10 Å². The number of nitrogens with one attached hydrogen (secondary N) is 1. The van der Waals surface area contributed by atoms with E-state index in [1.54, 1.807) is 4.68 Å². The first kappa shape index (κ1) is 12.3. The molecule has 0 spiro atoms. The molecule has 7 heteroatoms. The molecular weight excluding hydrogens is 260 g/mol. The van der Waals surface area contributed by atoms with Crippen molar-refractivity contribution in [1.82, 2.24) is 24.7 Å². The highest BCUT2D eigenvalue weighted by Gasteiger charge is 2.29. The predicted octanol–water partition coefficient (Wildman–Crippen LogP) is 2.05. The number of rotatable bonds is 3. The Labute approximate surface area is 116 Å². The SMILES string of the molecule is Cc1nn(C)c(C)c1/C=N\n1c(C2CC2)n[nH]c1=S. The van der Waals surface area contributed by atoms with E-state index in [0.717, 1.165) is 22.8 Å². The molecule has 1 aliphatic rings. The van der Waals surface area contributed by atoms with Gasteiger partial charge in [0.2, 0.25) is 4.77 Å². The highest BCUT2D eigenvalue weighted by Crippen LogP contribution is 2.38. The van der Waals surface area contributed by atoms with Gasteiger partial charge in [-0.2, -0.15) is 20.0 Å². The average molecular weight is 276 g/mol. The van der Waals surface area contributed by atoms with Gasteiger partial charge in [0.15, 0.2) is 5.82 Å². The minimum Gasteiger partial charge on any atom is -0.272 e. The normalized spacial score (nSPS) is 15.5. The van der Waals surface area contributed by atoms with Gasteiger partial charge in [-0.05, 0) is 38.9 Å². The average Bonchev–Trinajstić information content (AvgIpc) is 3.10. The zero-order valence-corrected chi connectivity index (χ0v) is 12.0. The molecule has 2 aromatic heterocycles. The molecule has 100 valence electrons. The van der Waals surface area contributed by atoms with Gasteiger partial charge < -0.3 is 0 Å². The number of nitrogens with zero attached hydrogens (tertiary/aromatic N) is 5. The Morgan fingerprint density at radius 1 is 1.42 bits per heavy atom. The van der Waals surface area contributed by atoms with E-state index < -0.39 is 0 Å². The molecule has 19 heavy (non-hydrogen) atoms. The third kappa shape index (κ3) is 2.14. The molecule has 0 amide bonds. The molecule has 6 nitrogen and oxygen atoms in total. The van der Waals surface area contributed by atoms with E-state index in [1.165, 1.54) is 12.8 Å². The third-order valence-corrected chi connectivity index (χ3v) is 3.75. The molecule has 1 N–H and O–H groups in total. The van der Waals surface area contributed by atoms with Crippen LogP contribution in [0, 0.1) is 18.6 Å². The fourth-order valence-electron chi connectivity index (χ4n) is 2.11.